The summed E-state index contributed by atoms with van der Waals surface area (Å²) in [5.74, 6) is 0. The van der Waals surface area contributed by atoms with Gasteiger partial charge in [-0.3, -0.25) is 19.6 Å². The molecule has 0 aromatic rings. The fourth-order valence-electron chi connectivity index (χ4n) is 4.24. The number of nitrogens with zero attached hydrogens (tertiary/aromatic N) is 6. The van der Waals surface area contributed by atoms with Crippen molar-refractivity contribution < 1.29 is 40.9 Å². The Labute approximate surface area is 275 Å². The first-order chi connectivity index (χ1) is 21.1. The molecule has 0 rings (SSSR count). The summed E-state index contributed by atoms with van der Waals surface area (Å²) in [6.45, 7) is 16.9. The van der Waals surface area contributed by atoms with Crippen LogP contribution < -0.4 is 0 Å². The van der Waals surface area contributed by atoms with E-state index in [2.05, 4.69) is 42.9 Å². The Morgan fingerprint density at radius 2 is 0.644 bits per heavy atom. The summed E-state index contributed by atoms with van der Waals surface area (Å²) in [6, 6.07) is 0. The summed E-state index contributed by atoms with van der Waals surface area (Å²) in [7, 11) is 8.35. The number of aliphatic hydroxyl groups excluding tert-OH is 8. The summed E-state index contributed by atoms with van der Waals surface area (Å²) in [5.41, 5.74) is 0. The van der Waals surface area contributed by atoms with Gasteiger partial charge in [0.15, 0.2) is 0 Å². The van der Waals surface area contributed by atoms with Crippen LogP contribution in [-0.4, -0.2) is 241 Å². The molecule has 14 heteroatoms. The molecule has 0 amide bonds. The summed E-state index contributed by atoms with van der Waals surface area (Å²) >= 11 is 0. The van der Waals surface area contributed by atoms with E-state index < -0.39 is 18.3 Å². The van der Waals surface area contributed by atoms with Crippen molar-refractivity contribution in [2.75, 3.05) is 146 Å². The average molecular weight is 659 g/mol. The number of rotatable bonds is 26. The van der Waals surface area contributed by atoms with E-state index in [1.165, 1.54) is 0 Å². The molecule has 14 nitrogen and oxygen atoms in total. The lowest BCUT2D eigenvalue weighted by Crippen LogP contribution is -2.43. The molecule has 8 N–H and O–H groups in total. The Hall–Kier alpha value is -0.560. The van der Waals surface area contributed by atoms with Gasteiger partial charge in [-0.25, -0.2) is 0 Å². The molecule has 4 atom stereocenters. The van der Waals surface area contributed by atoms with Crippen molar-refractivity contribution in [3.05, 3.63) is 0 Å². The minimum atomic E-state index is -0.438. The second-order valence-corrected chi connectivity index (χ2v) is 12.4. The molecule has 0 fully saturated rings. The summed E-state index contributed by atoms with van der Waals surface area (Å²) in [5, 5.41) is 73.2. The maximum Gasteiger partial charge on any atom is 0.0639 e. The largest absolute Gasteiger partial charge is 0.395 e. The molecule has 0 aromatic carbocycles. The molecule has 0 bridgehead atoms. The zero-order chi connectivity index (χ0) is 35.2. The highest BCUT2D eigenvalue weighted by molar-refractivity contribution is 4.70. The number of aliphatic hydroxyl groups is 8. The molecular formula is C31H74N6O8. The Balaban J connectivity index is -0.000000647. The average Bonchev–Trinajstić information content (AvgIpc) is 2.92. The van der Waals surface area contributed by atoms with Crippen LogP contribution in [0.15, 0.2) is 0 Å². The highest BCUT2D eigenvalue weighted by atomic mass is 16.3. The van der Waals surface area contributed by atoms with Gasteiger partial charge in [-0.2, -0.15) is 0 Å². The third-order valence-electron chi connectivity index (χ3n) is 6.55. The minimum Gasteiger partial charge on any atom is -0.395 e. The molecule has 0 saturated heterocycles. The van der Waals surface area contributed by atoms with Crippen molar-refractivity contribution in [2.24, 2.45) is 0 Å². The van der Waals surface area contributed by atoms with E-state index in [1.54, 1.807) is 27.7 Å². The van der Waals surface area contributed by atoms with E-state index in [4.69, 9.17) is 20.4 Å². The lowest BCUT2D eigenvalue weighted by Gasteiger charge is -2.30. The molecule has 0 radical (unpaired) electrons. The van der Waals surface area contributed by atoms with Crippen molar-refractivity contribution >= 4 is 0 Å². The molecule has 0 aromatic heterocycles. The van der Waals surface area contributed by atoms with Gasteiger partial charge in [0, 0.05) is 91.6 Å². The molecule has 45 heavy (non-hydrogen) atoms. The maximum atomic E-state index is 9.55. The predicted molar refractivity (Wildman–Crippen MR) is 183 cm³/mol. The molecule has 4 unspecified atom stereocenters. The zero-order valence-electron chi connectivity index (χ0n) is 30.0. The highest BCUT2D eigenvalue weighted by Gasteiger charge is 2.15. The zero-order valence-corrected chi connectivity index (χ0v) is 30.0. The molecule has 0 spiro atoms. The van der Waals surface area contributed by atoms with Gasteiger partial charge in [0.2, 0.25) is 0 Å². The lowest BCUT2D eigenvalue weighted by molar-refractivity contribution is 0.0645. The van der Waals surface area contributed by atoms with Crippen LogP contribution in [0.3, 0.4) is 0 Å². The minimum absolute atomic E-state index is 0.0694. The quantitative estimate of drug-likeness (QED) is 0.0477. The first-order valence-corrected chi connectivity index (χ1v) is 16.5. The first-order valence-electron chi connectivity index (χ1n) is 16.5. The maximum absolute atomic E-state index is 9.55. The van der Waals surface area contributed by atoms with Crippen LogP contribution in [0.4, 0.5) is 0 Å². The molecule has 0 heterocycles. The van der Waals surface area contributed by atoms with Gasteiger partial charge in [-0.15, -0.1) is 0 Å². The summed E-state index contributed by atoms with van der Waals surface area (Å²) in [4.78, 5) is 12.4. The summed E-state index contributed by atoms with van der Waals surface area (Å²) in [6.07, 6.45) is -0.981. The summed E-state index contributed by atoms with van der Waals surface area (Å²) < 4.78 is 0. The standard InChI is InChI=1S/C15H34N2O4.C10H24N2O4.C6H16N2/c1-12(18)5-6-16(9-13(2)19)7-8-17(10-14(3)20)11-15(4)21;13-7-3-11(4-8-14)1-2-12(5-9-15)6-10-16;1-7(2)5-6-8(3)4/h12-15,18-21H,5-11H2,1-4H3;13-16H,1-10H2;5-6H2,1-4H3. The van der Waals surface area contributed by atoms with Crippen molar-refractivity contribution in [1.82, 2.24) is 29.4 Å². The van der Waals surface area contributed by atoms with E-state index in [-0.39, 0.29) is 32.5 Å². The second kappa shape index (κ2) is 33.3. The Morgan fingerprint density at radius 3 is 0.911 bits per heavy atom. The van der Waals surface area contributed by atoms with Crippen molar-refractivity contribution in [3.63, 3.8) is 0 Å². The SMILES string of the molecule is CC(O)CCN(CCN(CC(C)O)CC(C)O)CC(C)O.CN(C)CCN(C)C.OCCN(CCO)CCN(CCO)CCO. The predicted octanol–water partition coefficient (Wildman–Crippen LogP) is -2.83. The normalized spacial score (nSPS) is 14.5. The van der Waals surface area contributed by atoms with Gasteiger partial charge in [0.25, 0.3) is 0 Å². The van der Waals surface area contributed by atoms with Crippen LogP contribution in [0.25, 0.3) is 0 Å². The van der Waals surface area contributed by atoms with Crippen LogP contribution in [0.1, 0.15) is 34.1 Å². The monoisotopic (exact) mass is 659 g/mol. The van der Waals surface area contributed by atoms with Gasteiger partial charge < -0.3 is 50.7 Å². The van der Waals surface area contributed by atoms with E-state index in [0.29, 0.717) is 71.9 Å². The van der Waals surface area contributed by atoms with Crippen LogP contribution in [0, 0.1) is 0 Å². The van der Waals surface area contributed by atoms with E-state index in [9.17, 15) is 20.4 Å². The fourth-order valence-corrected chi connectivity index (χ4v) is 4.24. The molecule has 0 aliphatic carbocycles. The van der Waals surface area contributed by atoms with E-state index in [0.717, 1.165) is 26.2 Å². The van der Waals surface area contributed by atoms with Crippen molar-refractivity contribution in [3.8, 4) is 0 Å². The number of likely N-dealkylation sites (N-methyl/N-ethyl adjacent to an activating group) is 2. The smallest absolute Gasteiger partial charge is 0.0639 e. The fraction of sp³-hybridized carbons (Fsp3) is 1.00. The highest BCUT2D eigenvalue weighted by Crippen LogP contribution is 2.02. The third kappa shape index (κ3) is 39.5. The first kappa shape index (κ1) is 48.8. The molecule has 0 saturated carbocycles. The second-order valence-electron chi connectivity index (χ2n) is 12.4. The molecule has 0 aliphatic heterocycles. The number of hydrogen-bond donors (Lipinski definition) is 8. The van der Waals surface area contributed by atoms with Gasteiger partial charge in [-0.1, -0.05) is 0 Å². The van der Waals surface area contributed by atoms with Gasteiger partial charge >= 0.3 is 0 Å². The van der Waals surface area contributed by atoms with Crippen LogP contribution >= 0.6 is 0 Å². The topological polar surface area (TPSA) is 181 Å². The van der Waals surface area contributed by atoms with Gasteiger partial charge in [-0.05, 0) is 62.3 Å². The number of hydrogen-bond acceptors (Lipinski definition) is 14. The van der Waals surface area contributed by atoms with Gasteiger partial charge in [0.05, 0.1) is 50.8 Å². The van der Waals surface area contributed by atoms with Crippen LogP contribution in [0.2, 0.25) is 0 Å². The Kier molecular flexibility index (Phi) is 36.2. The Morgan fingerprint density at radius 1 is 0.356 bits per heavy atom. The van der Waals surface area contributed by atoms with Crippen molar-refractivity contribution in [2.45, 2.75) is 58.5 Å². The molecule has 0 aliphatic rings. The molecular weight excluding hydrogens is 584 g/mol. The van der Waals surface area contributed by atoms with E-state index >= 15 is 0 Å². The molecule has 276 valence electrons. The van der Waals surface area contributed by atoms with E-state index in [1.807, 2.05) is 14.7 Å². The van der Waals surface area contributed by atoms with Gasteiger partial charge in [0.1, 0.15) is 0 Å². The van der Waals surface area contributed by atoms with Crippen LogP contribution in [0.5, 0.6) is 0 Å². The van der Waals surface area contributed by atoms with Crippen molar-refractivity contribution in [1.29, 1.82) is 0 Å². The van der Waals surface area contributed by atoms with Crippen LogP contribution in [-0.2, 0) is 0 Å². The Bertz CT molecular complexity index is 546. The lowest BCUT2D eigenvalue weighted by atomic mass is 10.2. The third-order valence-corrected chi connectivity index (χ3v) is 6.55.